The van der Waals surface area contributed by atoms with Crippen LogP contribution in [-0.2, 0) is 11.2 Å². The SMILES string of the molecule is O=C(O)Cc1cnc(-c2cccc(O)c2)[nH]1. The van der Waals surface area contributed by atoms with E-state index in [1.54, 1.807) is 24.3 Å². The first-order valence-corrected chi connectivity index (χ1v) is 4.70. The van der Waals surface area contributed by atoms with Crippen molar-refractivity contribution in [3.05, 3.63) is 36.2 Å². The number of imidazole rings is 1. The number of phenolic OH excluding ortho intramolecular Hbond substituents is 1. The van der Waals surface area contributed by atoms with Gasteiger partial charge in [0.05, 0.1) is 6.42 Å². The molecule has 16 heavy (non-hydrogen) atoms. The number of carboxylic acid groups (broad SMARTS) is 1. The smallest absolute Gasteiger partial charge is 0.309 e. The molecular formula is C11H10N2O3. The van der Waals surface area contributed by atoms with Crippen molar-refractivity contribution in [2.24, 2.45) is 0 Å². The van der Waals surface area contributed by atoms with Gasteiger partial charge in [-0.05, 0) is 12.1 Å². The minimum atomic E-state index is -0.911. The monoisotopic (exact) mass is 218 g/mol. The van der Waals surface area contributed by atoms with Gasteiger partial charge in [-0.2, -0.15) is 0 Å². The number of carboxylic acids is 1. The molecule has 0 amide bonds. The molecular weight excluding hydrogens is 208 g/mol. The Morgan fingerprint density at radius 3 is 2.94 bits per heavy atom. The predicted octanol–water partition coefficient (Wildman–Crippen LogP) is 1.41. The number of rotatable bonds is 3. The van der Waals surface area contributed by atoms with Gasteiger partial charge in [0, 0.05) is 17.5 Å². The fourth-order valence-electron chi connectivity index (χ4n) is 1.41. The van der Waals surface area contributed by atoms with Crippen LogP contribution in [0.25, 0.3) is 11.4 Å². The molecule has 0 saturated heterocycles. The van der Waals surface area contributed by atoms with Crippen LogP contribution in [0.5, 0.6) is 5.75 Å². The Bertz CT molecular complexity index is 519. The molecule has 1 aromatic carbocycles. The van der Waals surface area contributed by atoms with Crippen LogP contribution in [0.15, 0.2) is 30.5 Å². The van der Waals surface area contributed by atoms with Gasteiger partial charge in [0.25, 0.3) is 0 Å². The normalized spacial score (nSPS) is 10.2. The van der Waals surface area contributed by atoms with Gasteiger partial charge < -0.3 is 15.2 Å². The number of aromatic hydroxyl groups is 1. The molecule has 0 fully saturated rings. The highest BCUT2D eigenvalue weighted by molar-refractivity contribution is 5.70. The molecule has 1 heterocycles. The second-order valence-corrected chi connectivity index (χ2v) is 3.38. The van der Waals surface area contributed by atoms with Gasteiger partial charge in [0.1, 0.15) is 11.6 Å². The molecule has 3 N–H and O–H groups in total. The zero-order valence-electron chi connectivity index (χ0n) is 8.34. The summed E-state index contributed by atoms with van der Waals surface area (Å²) >= 11 is 0. The molecule has 1 aromatic heterocycles. The van der Waals surface area contributed by atoms with Gasteiger partial charge in [-0.1, -0.05) is 12.1 Å². The quantitative estimate of drug-likeness (QED) is 0.727. The molecule has 0 aliphatic heterocycles. The molecule has 2 rings (SSSR count). The van der Waals surface area contributed by atoms with Crippen LogP contribution in [0.4, 0.5) is 0 Å². The molecule has 5 nitrogen and oxygen atoms in total. The maximum Gasteiger partial charge on any atom is 0.309 e. The van der Waals surface area contributed by atoms with Crippen LogP contribution in [0.3, 0.4) is 0 Å². The summed E-state index contributed by atoms with van der Waals surface area (Å²) in [7, 11) is 0. The molecule has 0 unspecified atom stereocenters. The molecule has 2 aromatic rings. The summed E-state index contributed by atoms with van der Waals surface area (Å²) in [4.78, 5) is 17.4. The van der Waals surface area contributed by atoms with Crippen molar-refractivity contribution in [3.8, 4) is 17.1 Å². The molecule has 0 atom stereocenters. The first kappa shape index (κ1) is 10.2. The third kappa shape index (κ3) is 2.20. The Labute approximate surface area is 91.4 Å². The van der Waals surface area contributed by atoms with E-state index in [4.69, 9.17) is 5.11 Å². The number of aromatic amines is 1. The van der Waals surface area contributed by atoms with Gasteiger partial charge >= 0.3 is 5.97 Å². The Balaban J connectivity index is 2.28. The number of phenols is 1. The number of H-pyrrole nitrogens is 1. The average Bonchev–Trinajstić information content (AvgIpc) is 2.65. The lowest BCUT2D eigenvalue weighted by Crippen LogP contribution is -1.99. The van der Waals surface area contributed by atoms with E-state index in [1.165, 1.54) is 6.20 Å². The van der Waals surface area contributed by atoms with Crippen molar-refractivity contribution >= 4 is 5.97 Å². The Morgan fingerprint density at radius 1 is 1.44 bits per heavy atom. The lowest BCUT2D eigenvalue weighted by molar-refractivity contribution is -0.136. The second kappa shape index (κ2) is 4.06. The molecule has 0 saturated carbocycles. The maximum absolute atomic E-state index is 10.5. The lowest BCUT2D eigenvalue weighted by atomic mass is 10.2. The zero-order valence-corrected chi connectivity index (χ0v) is 8.34. The molecule has 82 valence electrons. The minimum absolute atomic E-state index is 0.0915. The number of aliphatic carboxylic acids is 1. The summed E-state index contributed by atoms with van der Waals surface area (Å²) < 4.78 is 0. The van der Waals surface area contributed by atoms with Crippen molar-refractivity contribution in [1.82, 2.24) is 9.97 Å². The number of benzene rings is 1. The maximum atomic E-state index is 10.5. The Kier molecular flexibility index (Phi) is 2.59. The van der Waals surface area contributed by atoms with E-state index in [-0.39, 0.29) is 12.2 Å². The van der Waals surface area contributed by atoms with E-state index < -0.39 is 5.97 Å². The number of hydrogen-bond donors (Lipinski definition) is 3. The van der Waals surface area contributed by atoms with Crippen LogP contribution >= 0.6 is 0 Å². The van der Waals surface area contributed by atoms with Gasteiger partial charge in [-0.25, -0.2) is 4.98 Å². The van der Waals surface area contributed by atoms with Gasteiger partial charge in [0.15, 0.2) is 0 Å². The van der Waals surface area contributed by atoms with Gasteiger partial charge in [0.2, 0.25) is 0 Å². The predicted molar refractivity (Wildman–Crippen MR) is 57.0 cm³/mol. The van der Waals surface area contributed by atoms with Crippen LogP contribution in [0.2, 0.25) is 0 Å². The standard InChI is InChI=1S/C11H10N2O3/c14-9-3-1-2-7(4-9)11-12-6-8(13-11)5-10(15)16/h1-4,6,14H,5H2,(H,12,13)(H,15,16). The third-order valence-corrected chi connectivity index (χ3v) is 2.09. The van der Waals surface area contributed by atoms with E-state index in [0.29, 0.717) is 11.5 Å². The first-order valence-electron chi connectivity index (χ1n) is 4.70. The van der Waals surface area contributed by atoms with Gasteiger partial charge in [-0.15, -0.1) is 0 Å². The van der Waals surface area contributed by atoms with Crippen molar-refractivity contribution < 1.29 is 15.0 Å². The van der Waals surface area contributed by atoms with E-state index in [0.717, 1.165) is 5.56 Å². The van der Waals surface area contributed by atoms with Crippen molar-refractivity contribution in [1.29, 1.82) is 0 Å². The number of carbonyl (C=O) groups is 1. The summed E-state index contributed by atoms with van der Waals surface area (Å²) in [6, 6.07) is 6.60. The number of aromatic nitrogens is 2. The summed E-state index contributed by atoms with van der Waals surface area (Å²) in [5.74, 6) is -0.216. The summed E-state index contributed by atoms with van der Waals surface area (Å²) in [6.07, 6.45) is 1.39. The molecule has 5 heteroatoms. The van der Waals surface area contributed by atoms with Crippen molar-refractivity contribution in [3.63, 3.8) is 0 Å². The van der Waals surface area contributed by atoms with Crippen molar-refractivity contribution in [2.45, 2.75) is 6.42 Å². The van der Waals surface area contributed by atoms with E-state index >= 15 is 0 Å². The largest absolute Gasteiger partial charge is 0.508 e. The highest BCUT2D eigenvalue weighted by atomic mass is 16.4. The lowest BCUT2D eigenvalue weighted by Gasteiger charge is -1.97. The minimum Gasteiger partial charge on any atom is -0.508 e. The molecule has 0 spiro atoms. The fraction of sp³-hybridized carbons (Fsp3) is 0.0909. The molecule has 0 bridgehead atoms. The number of nitrogens with one attached hydrogen (secondary N) is 1. The van der Waals surface area contributed by atoms with E-state index in [9.17, 15) is 9.90 Å². The van der Waals surface area contributed by atoms with Crippen molar-refractivity contribution in [2.75, 3.05) is 0 Å². The highest BCUT2D eigenvalue weighted by Crippen LogP contribution is 2.20. The topological polar surface area (TPSA) is 86.2 Å². The number of nitrogens with zero attached hydrogens (tertiary/aromatic N) is 1. The molecule has 0 radical (unpaired) electrons. The van der Waals surface area contributed by atoms with Gasteiger partial charge in [-0.3, -0.25) is 4.79 Å². The fourth-order valence-corrected chi connectivity index (χ4v) is 1.41. The molecule has 0 aliphatic carbocycles. The van der Waals surface area contributed by atoms with E-state index in [1.807, 2.05) is 0 Å². The average molecular weight is 218 g/mol. The summed E-state index contributed by atoms with van der Waals surface area (Å²) in [5.41, 5.74) is 1.25. The Hall–Kier alpha value is -2.30. The van der Waals surface area contributed by atoms with Crippen LogP contribution in [-0.4, -0.2) is 26.2 Å². The highest BCUT2D eigenvalue weighted by Gasteiger charge is 2.06. The second-order valence-electron chi connectivity index (χ2n) is 3.38. The first-order chi connectivity index (χ1) is 7.65. The summed E-state index contributed by atoms with van der Waals surface area (Å²) in [5, 5.41) is 17.9. The Morgan fingerprint density at radius 2 is 2.25 bits per heavy atom. The van der Waals surface area contributed by atoms with Crippen LogP contribution < -0.4 is 0 Å². The van der Waals surface area contributed by atoms with E-state index in [2.05, 4.69) is 9.97 Å². The summed E-state index contributed by atoms with van der Waals surface area (Å²) in [6.45, 7) is 0. The molecule has 0 aliphatic rings. The van der Waals surface area contributed by atoms with Crippen LogP contribution in [0, 0.1) is 0 Å². The third-order valence-electron chi connectivity index (χ3n) is 2.09. The zero-order chi connectivity index (χ0) is 11.5. The number of hydrogen-bond acceptors (Lipinski definition) is 3. The van der Waals surface area contributed by atoms with Crippen LogP contribution in [0.1, 0.15) is 5.69 Å².